The zero-order chi connectivity index (χ0) is 36.8. The summed E-state index contributed by atoms with van der Waals surface area (Å²) in [5.41, 5.74) is 0. The number of hydrogen-bond acceptors (Lipinski definition) is 6. The quantitative estimate of drug-likeness (QED) is 0.0359. The minimum atomic E-state index is -0.758. The van der Waals surface area contributed by atoms with E-state index in [9.17, 15) is 14.4 Å². The van der Waals surface area contributed by atoms with Crippen LogP contribution in [0.4, 0.5) is 0 Å². The second-order valence-corrected chi connectivity index (χ2v) is 15.5. The third-order valence-corrected chi connectivity index (χ3v) is 9.79. The van der Waals surface area contributed by atoms with E-state index in [0.29, 0.717) is 19.3 Å². The highest BCUT2D eigenvalue weighted by atomic mass is 16.6. The molecule has 6 nitrogen and oxygen atoms in total. The van der Waals surface area contributed by atoms with Gasteiger partial charge in [0.25, 0.3) is 0 Å². The van der Waals surface area contributed by atoms with Gasteiger partial charge in [0.05, 0.1) is 0 Å². The fraction of sp³-hybridized carbons (Fsp3) is 0.932. The second-order valence-electron chi connectivity index (χ2n) is 15.5. The molecule has 0 aromatic rings. The summed E-state index contributed by atoms with van der Waals surface area (Å²) in [7, 11) is 0. The Balaban J connectivity index is 4.33. The van der Waals surface area contributed by atoms with E-state index in [4.69, 9.17) is 14.2 Å². The highest BCUT2D eigenvalue weighted by Gasteiger charge is 2.19. The van der Waals surface area contributed by atoms with Crippen LogP contribution in [0.3, 0.4) is 0 Å². The minimum absolute atomic E-state index is 0.0644. The van der Waals surface area contributed by atoms with Crippen molar-refractivity contribution in [3.63, 3.8) is 0 Å². The van der Waals surface area contributed by atoms with Crippen LogP contribution in [0.2, 0.25) is 0 Å². The fourth-order valence-corrected chi connectivity index (χ4v) is 6.45. The van der Waals surface area contributed by atoms with Crippen LogP contribution in [-0.4, -0.2) is 37.2 Å². The van der Waals surface area contributed by atoms with Crippen LogP contribution in [0.1, 0.15) is 240 Å². The molecule has 0 amide bonds. The minimum Gasteiger partial charge on any atom is -0.462 e. The van der Waals surface area contributed by atoms with Crippen molar-refractivity contribution in [2.45, 2.75) is 246 Å². The average molecular weight is 709 g/mol. The van der Waals surface area contributed by atoms with E-state index in [1.807, 2.05) is 0 Å². The number of carbonyl (C=O) groups excluding carboxylic acids is 3. The number of esters is 3. The highest BCUT2D eigenvalue weighted by Crippen LogP contribution is 2.16. The molecule has 6 heteroatoms. The first kappa shape index (κ1) is 48.4. The number of carbonyl (C=O) groups is 3. The summed E-state index contributed by atoms with van der Waals surface area (Å²) in [6.45, 7) is 8.94. The van der Waals surface area contributed by atoms with Crippen molar-refractivity contribution in [3.05, 3.63) is 0 Å². The van der Waals surface area contributed by atoms with Crippen LogP contribution in [0.15, 0.2) is 0 Å². The van der Waals surface area contributed by atoms with Gasteiger partial charge in [0.15, 0.2) is 6.10 Å². The lowest BCUT2D eigenvalue weighted by Gasteiger charge is -2.18. The Bertz CT molecular complexity index is 751. The molecule has 0 fully saturated rings. The van der Waals surface area contributed by atoms with Crippen LogP contribution in [-0.2, 0) is 28.6 Å². The number of hydrogen-bond donors (Lipinski definition) is 0. The fourth-order valence-electron chi connectivity index (χ4n) is 6.45. The monoisotopic (exact) mass is 709 g/mol. The van der Waals surface area contributed by atoms with Gasteiger partial charge in [-0.3, -0.25) is 14.4 Å². The summed E-state index contributed by atoms with van der Waals surface area (Å²) >= 11 is 0. The average Bonchev–Trinajstić information content (AvgIpc) is 3.09. The first-order chi connectivity index (χ1) is 24.4. The molecule has 0 rings (SSSR count). The molecular weight excluding hydrogens is 624 g/mol. The van der Waals surface area contributed by atoms with E-state index in [1.165, 1.54) is 135 Å². The Labute approximate surface area is 310 Å². The largest absolute Gasteiger partial charge is 0.462 e. The SMILES string of the molecule is CCCCCCCCCCCCC(=O)OC[C@H](COC(=O)CCCCCCCCCCCC(C)C)OC(=O)CCCCCCCCCCCC. The van der Waals surface area contributed by atoms with Crippen molar-refractivity contribution < 1.29 is 28.6 Å². The van der Waals surface area contributed by atoms with Gasteiger partial charge < -0.3 is 14.2 Å². The zero-order valence-corrected chi connectivity index (χ0v) is 33.9. The van der Waals surface area contributed by atoms with Crippen LogP contribution in [0.5, 0.6) is 0 Å². The lowest BCUT2D eigenvalue weighted by atomic mass is 10.0. The molecule has 0 aromatic carbocycles. The van der Waals surface area contributed by atoms with Gasteiger partial charge in [-0.15, -0.1) is 0 Å². The van der Waals surface area contributed by atoms with Crippen molar-refractivity contribution in [1.82, 2.24) is 0 Å². The lowest BCUT2D eigenvalue weighted by Crippen LogP contribution is -2.30. The Kier molecular flexibility index (Phi) is 37.4. The molecule has 0 aliphatic rings. The van der Waals surface area contributed by atoms with E-state index >= 15 is 0 Å². The van der Waals surface area contributed by atoms with Crippen molar-refractivity contribution in [2.75, 3.05) is 13.2 Å². The molecule has 0 spiro atoms. The molecule has 0 heterocycles. The van der Waals surface area contributed by atoms with E-state index < -0.39 is 6.10 Å². The zero-order valence-electron chi connectivity index (χ0n) is 33.9. The van der Waals surface area contributed by atoms with E-state index in [0.717, 1.165) is 63.7 Å². The van der Waals surface area contributed by atoms with E-state index in [2.05, 4.69) is 27.7 Å². The lowest BCUT2D eigenvalue weighted by molar-refractivity contribution is -0.167. The Hall–Kier alpha value is -1.59. The molecular formula is C44H84O6. The first-order valence-electron chi connectivity index (χ1n) is 21.9. The summed E-state index contributed by atoms with van der Waals surface area (Å²) in [4.78, 5) is 37.6. The molecule has 50 heavy (non-hydrogen) atoms. The molecule has 0 aliphatic carbocycles. The number of unbranched alkanes of at least 4 members (excludes halogenated alkanes) is 26. The predicted molar refractivity (Wildman–Crippen MR) is 210 cm³/mol. The van der Waals surface area contributed by atoms with Crippen molar-refractivity contribution in [1.29, 1.82) is 0 Å². The number of rotatable bonds is 39. The molecule has 0 bridgehead atoms. The number of ether oxygens (including phenoxy) is 3. The molecule has 0 aliphatic heterocycles. The predicted octanol–water partition coefficient (Wildman–Crippen LogP) is 13.6. The Morgan fingerprint density at radius 2 is 0.660 bits per heavy atom. The highest BCUT2D eigenvalue weighted by molar-refractivity contribution is 5.71. The second kappa shape index (κ2) is 38.6. The summed E-state index contributed by atoms with van der Waals surface area (Å²) < 4.78 is 16.7. The summed E-state index contributed by atoms with van der Waals surface area (Å²) in [6, 6.07) is 0. The Morgan fingerprint density at radius 1 is 0.380 bits per heavy atom. The molecule has 1 atom stereocenters. The van der Waals surface area contributed by atoms with Crippen LogP contribution in [0.25, 0.3) is 0 Å². The van der Waals surface area contributed by atoms with Gasteiger partial charge in [-0.2, -0.15) is 0 Å². The Morgan fingerprint density at radius 3 is 0.980 bits per heavy atom. The molecule has 0 saturated carbocycles. The molecule has 0 saturated heterocycles. The normalized spacial score (nSPS) is 11.9. The smallest absolute Gasteiger partial charge is 0.306 e. The van der Waals surface area contributed by atoms with Gasteiger partial charge in [-0.05, 0) is 25.2 Å². The van der Waals surface area contributed by atoms with Gasteiger partial charge in [-0.25, -0.2) is 0 Å². The molecule has 296 valence electrons. The van der Waals surface area contributed by atoms with Gasteiger partial charge in [0, 0.05) is 19.3 Å². The molecule has 0 radical (unpaired) electrons. The molecule has 0 unspecified atom stereocenters. The molecule has 0 N–H and O–H groups in total. The summed E-state index contributed by atoms with van der Waals surface area (Å²) in [5, 5.41) is 0. The van der Waals surface area contributed by atoms with Crippen LogP contribution >= 0.6 is 0 Å². The van der Waals surface area contributed by atoms with Gasteiger partial charge in [0.2, 0.25) is 0 Å². The summed E-state index contributed by atoms with van der Waals surface area (Å²) in [6.07, 6.45) is 36.6. The van der Waals surface area contributed by atoms with Gasteiger partial charge >= 0.3 is 17.9 Å². The third kappa shape index (κ3) is 37.7. The first-order valence-corrected chi connectivity index (χ1v) is 21.9. The third-order valence-electron chi connectivity index (χ3n) is 9.79. The molecule has 0 aromatic heterocycles. The standard InChI is InChI=1S/C44H84O6/c1-5-7-9-11-13-15-19-23-27-31-35-42(45)48-38-41(50-44(47)37-33-29-25-20-16-14-12-10-8-6-2)39-49-43(46)36-32-28-24-21-17-18-22-26-30-34-40(3)4/h40-41H,5-39H2,1-4H3/t41-/m1/s1. The topological polar surface area (TPSA) is 78.9 Å². The van der Waals surface area contributed by atoms with Crippen molar-refractivity contribution in [2.24, 2.45) is 5.92 Å². The van der Waals surface area contributed by atoms with Crippen molar-refractivity contribution >= 4 is 17.9 Å². The maximum absolute atomic E-state index is 12.6. The van der Waals surface area contributed by atoms with Gasteiger partial charge in [0.1, 0.15) is 13.2 Å². The van der Waals surface area contributed by atoms with E-state index in [1.54, 1.807) is 0 Å². The van der Waals surface area contributed by atoms with Crippen LogP contribution in [0, 0.1) is 5.92 Å². The van der Waals surface area contributed by atoms with Crippen molar-refractivity contribution in [3.8, 4) is 0 Å². The maximum atomic E-state index is 12.6. The van der Waals surface area contributed by atoms with E-state index in [-0.39, 0.29) is 31.1 Å². The van der Waals surface area contributed by atoms with Crippen LogP contribution < -0.4 is 0 Å². The summed E-state index contributed by atoms with van der Waals surface area (Å²) in [5.74, 6) is -0.0514. The van der Waals surface area contributed by atoms with Gasteiger partial charge in [-0.1, -0.05) is 201 Å². The maximum Gasteiger partial charge on any atom is 0.306 e.